The average molecular weight is 675 g/mol. The van der Waals surface area contributed by atoms with Gasteiger partial charge in [0.2, 0.25) is 0 Å². The first kappa shape index (κ1) is 45.7. The van der Waals surface area contributed by atoms with Crippen molar-refractivity contribution in [2.24, 2.45) is 5.41 Å². The van der Waals surface area contributed by atoms with Gasteiger partial charge in [-0.05, 0) is 12.8 Å². The Morgan fingerprint density at radius 2 is 0.766 bits per heavy atom. The number of hydrogen-bond acceptors (Lipinski definition) is 8. The van der Waals surface area contributed by atoms with Crippen LogP contribution in [-0.4, -0.2) is 83.2 Å². The number of carboxylic acids is 1. The lowest BCUT2D eigenvalue weighted by Crippen LogP contribution is -2.41. The van der Waals surface area contributed by atoms with Crippen LogP contribution in [0.1, 0.15) is 180 Å². The normalized spacial score (nSPS) is 12.4. The molecule has 280 valence electrons. The molecule has 9 heteroatoms. The fourth-order valence-electron chi connectivity index (χ4n) is 5.78. The Hall–Kier alpha value is -1.26. The second kappa shape index (κ2) is 34.6. The first-order valence-electron chi connectivity index (χ1n) is 19.4. The van der Waals surface area contributed by atoms with Crippen LogP contribution in [0.2, 0.25) is 0 Å². The van der Waals surface area contributed by atoms with Crippen molar-refractivity contribution >= 4 is 11.9 Å². The number of rotatable bonds is 38. The number of carbonyl (C=O) groups is 2. The quantitative estimate of drug-likeness (QED) is 0.0325. The highest BCUT2D eigenvalue weighted by atomic mass is 16.6. The van der Waals surface area contributed by atoms with Crippen molar-refractivity contribution < 1.29 is 44.6 Å². The highest BCUT2D eigenvalue weighted by molar-refractivity contribution is 5.69. The van der Waals surface area contributed by atoms with Crippen LogP contribution in [0.25, 0.3) is 0 Å². The predicted molar refractivity (Wildman–Crippen MR) is 188 cm³/mol. The van der Waals surface area contributed by atoms with Crippen LogP contribution in [0.4, 0.5) is 0 Å². The Bertz CT molecular complexity index is 676. The van der Waals surface area contributed by atoms with Crippen LogP contribution >= 0.6 is 0 Å². The average Bonchev–Trinajstić information content (AvgIpc) is 3.07. The minimum Gasteiger partial charge on any atom is -0.481 e. The molecule has 0 aliphatic heterocycles. The van der Waals surface area contributed by atoms with Crippen molar-refractivity contribution in [1.29, 1.82) is 0 Å². The summed E-state index contributed by atoms with van der Waals surface area (Å²) in [5, 5.41) is 46.1. The molecule has 0 heterocycles. The molecule has 0 rings (SSSR count). The molecule has 0 aliphatic rings. The van der Waals surface area contributed by atoms with Crippen LogP contribution in [-0.2, 0) is 19.1 Å². The number of ether oxygens (including phenoxy) is 2. The number of hydrogen-bond donors (Lipinski definition) is 5. The molecule has 5 N–H and O–H groups in total. The van der Waals surface area contributed by atoms with Gasteiger partial charge in [-0.3, -0.25) is 9.59 Å². The van der Waals surface area contributed by atoms with Crippen molar-refractivity contribution in [3.05, 3.63) is 0 Å². The maximum absolute atomic E-state index is 12.0. The number of aliphatic carboxylic acids is 1. The van der Waals surface area contributed by atoms with Gasteiger partial charge >= 0.3 is 11.9 Å². The van der Waals surface area contributed by atoms with Crippen LogP contribution in [0.5, 0.6) is 0 Å². The summed E-state index contributed by atoms with van der Waals surface area (Å²) < 4.78 is 10.6. The van der Waals surface area contributed by atoms with Gasteiger partial charge in [-0.2, -0.15) is 0 Å². The smallest absolute Gasteiger partial charge is 0.305 e. The summed E-state index contributed by atoms with van der Waals surface area (Å²) >= 11 is 0. The zero-order valence-corrected chi connectivity index (χ0v) is 30.0. The molecule has 0 aromatic heterocycles. The number of esters is 1. The van der Waals surface area contributed by atoms with E-state index in [9.17, 15) is 30.0 Å². The van der Waals surface area contributed by atoms with Crippen LogP contribution in [0.15, 0.2) is 0 Å². The van der Waals surface area contributed by atoms with Crippen LogP contribution in [0, 0.1) is 5.41 Å². The largest absolute Gasteiger partial charge is 0.481 e. The summed E-state index contributed by atoms with van der Waals surface area (Å²) in [5.41, 5.74) is -1.19. The molecule has 0 spiro atoms. The van der Waals surface area contributed by atoms with E-state index < -0.39 is 37.3 Å². The molecule has 0 aliphatic carbocycles. The lowest BCUT2D eigenvalue weighted by molar-refractivity contribution is -0.152. The maximum Gasteiger partial charge on any atom is 0.305 e. The van der Waals surface area contributed by atoms with E-state index in [-0.39, 0.29) is 25.8 Å². The van der Waals surface area contributed by atoms with E-state index in [1.165, 1.54) is 135 Å². The lowest BCUT2D eigenvalue weighted by Gasteiger charge is -2.29. The Balaban J connectivity index is 3.34. The van der Waals surface area contributed by atoms with Gasteiger partial charge in [0, 0.05) is 12.8 Å². The summed E-state index contributed by atoms with van der Waals surface area (Å²) in [7, 11) is 0. The van der Waals surface area contributed by atoms with Crippen molar-refractivity contribution in [2.45, 2.75) is 186 Å². The number of carboxylic acid groups (broad SMARTS) is 1. The molecule has 0 radical (unpaired) electrons. The highest BCUT2D eigenvalue weighted by Crippen LogP contribution is 2.18. The molecular weight excluding hydrogens is 600 g/mol. The number of aliphatic hydroxyl groups is 4. The summed E-state index contributed by atoms with van der Waals surface area (Å²) in [5.74, 6) is -0.989. The van der Waals surface area contributed by atoms with E-state index in [1.807, 2.05) is 0 Å². The highest BCUT2D eigenvalue weighted by Gasteiger charge is 2.30. The Kier molecular flexibility index (Phi) is 33.7. The molecule has 0 aromatic carbocycles. The van der Waals surface area contributed by atoms with Gasteiger partial charge in [-0.25, -0.2) is 0 Å². The fourth-order valence-corrected chi connectivity index (χ4v) is 5.78. The Labute approximate surface area is 287 Å². The van der Waals surface area contributed by atoms with Crippen molar-refractivity contribution in [2.75, 3.05) is 39.6 Å². The molecule has 0 aromatic rings. The molecule has 1 unspecified atom stereocenters. The van der Waals surface area contributed by atoms with Gasteiger partial charge in [-0.1, -0.05) is 154 Å². The zero-order valence-electron chi connectivity index (χ0n) is 30.0. The standard InChI is InChI=1S/C38H74O9/c39-29-35(47-34-38(31-40,32-41)33-42)30-46-37(45)28-26-24-22-20-18-16-14-12-10-8-6-4-2-1-3-5-7-9-11-13-15-17-19-21-23-25-27-36(43)44/h35,39-42H,1-34H2,(H,43,44). The molecule has 0 fully saturated rings. The molecule has 9 nitrogen and oxygen atoms in total. The van der Waals surface area contributed by atoms with Crippen LogP contribution in [0.3, 0.4) is 0 Å². The van der Waals surface area contributed by atoms with Crippen molar-refractivity contribution in [1.82, 2.24) is 0 Å². The van der Waals surface area contributed by atoms with Crippen molar-refractivity contribution in [3.8, 4) is 0 Å². The maximum atomic E-state index is 12.0. The lowest BCUT2D eigenvalue weighted by atomic mass is 9.92. The van der Waals surface area contributed by atoms with E-state index >= 15 is 0 Å². The van der Waals surface area contributed by atoms with E-state index in [0.717, 1.165) is 32.1 Å². The third kappa shape index (κ3) is 30.5. The Morgan fingerprint density at radius 3 is 1.04 bits per heavy atom. The number of unbranched alkanes of at least 4 members (excludes halogenated alkanes) is 25. The van der Waals surface area contributed by atoms with Crippen LogP contribution < -0.4 is 0 Å². The molecule has 0 saturated heterocycles. The summed E-state index contributed by atoms with van der Waals surface area (Å²) in [6.07, 6.45) is 32.8. The molecule has 0 saturated carbocycles. The summed E-state index contributed by atoms with van der Waals surface area (Å²) in [6, 6.07) is 0. The second-order valence-electron chi connectivity index (χ2n) is 13.9. The van der Waals surface area contributed by atoms with Gasteiger partial charge in [0.15, 0.2) is 0 Å². The van der Waals surface area contributed by atoms with Crippen molar-refractivity contribution in [3.63, 3.8) is 0 Å². The van der Waals surface area contributed by atoms with Gasteiger partial charge < -0.3 is 35.0 Å². The number of aliphatic hydroxyl groups excluding tert-OH is 4. The summed E-state index contributed by atoms with van der Waals surface area (Å²) in [4.78, 5) is 22.5. The molecule has 47 heavy (non-hydrogen) atoms. The van der Waals surface area contributed by atoms with Gasteiger partial charge in [0.05, 0.1) is 38.4 Å². The first-order valence-corrected chi connectivity index (χ1v) is 19.4. The minimum atomic E-state index is -1.19. The van der Waals surface area contributed by atoms with Gasteiger partial charge in [0.25, 0.3) is 0 Å². The monoisotopic (exact) mass is 675 g/mol. The predicted octanol–water partition coefficient (Wildman–Crippen LogP) is 7.88. The third-order valence-electron chi connectivity index (χ3n) is 9.29. The minimum absolute atomic E-state index is 0.0989. The molecule has 0 bridgehead atoms. The van der Waals surface area contributed by atoms with E-state index in [4.69, 9.17) is 14.6 Å². The molecule has 1 atom stereocenters. The van der Waals surface area contributed by atoms with E-state index in [1.54, 1.807) is 0 Å². The van der Waals surface area contributed by atoms with Gasteiger partial charge in [0.1, 0.15) is 12.7 Å². The van der Waals surface area contributed by atoms with Gasteiger partial charge in [-0.15, -0.1) is 0 Å². The zero-order chi connectivity index (χ0) is 34.7. The number of carbonyl (C=O) groups excluding carboxylic acids is 1. The summed E-state index contributed by atoms with van der Waals surface area (Å²) in [6.45, 7) is -1.97. The van der Waals surface area contributed by atoms with E-state index in [0.29, 0.717) is 12.8 Å². The topological polar surface area (TPSA) is 154 Å². The Morgan fingerprint density at radius 1 is 0.468 bits per heavy atom. The first-order chi connectivity index (χ1) is 22.9. The van der Waals surface area contributed by atoms with E-state index in [2.05, 4.69) is 0 Å². The molecular formula is C38H74O9. The molecule has 0 amide bonds. The fraction of sp³-hybridized carbons (Fsp3) is 0.947. The SMILES string of the molecule is O=C(O)CCCCCCCCCCCCCCCCCCCCCCCCCCCCC(=O)OCC(CO)OCC(CO)(CO)CO. The second-order valence-corrected chi connectivity index (χ2v) is 13.9. The third-order valence-corrected chi connectivity index (χ3v) is 9.29.